The van der Waals surface area contributed by atoms with E-state index in [4.69, 9.17) is 0 Å². The Morgan fingerprint density at radius 2 is 1.80 bits per heavy atom. The minimum atomic E-state index is -4.60. The molecule has 0 atom stereocenters. The molecule has 1 aliphatic carbocycles. The number of alkyl halides is 3. The Balaban J connectivity index is 1.28. The second kappa shape index (κ2) is 7.37. The van der Waals surface area contributed by atoms with Crippen LogP contribution < -0.4 is 10.2 Å². The molecule has 30 heavy (non-hydrogen) atoms. The number of halogens is 3. The predicted molar refractivity (Wildman–Crippen MR) is 103 cm³/mol. The number of nitrogens with zero attached hydrogens (tertiary/aromatic N) is 7. The molecular weight excluding hydrogens is 397 g/mol. The van der Waals surface area contributed by atoms with Crippen molar-refractivity contribution in [3.63, 3.8) is 0 Å². The smallest absolute Gasteiger partial charge is 0.366 e. The van der Waals surface area contributed by atoms with Crippen LogP contribution in [-0.4, -0.2) is 48.9 Å². The van der Waals surface area contributed by atoms with Crippen LogP contribution in [0.1, 0.15) is 42.8 Å². The number of rotatable bonds is 3. The molecule has 2 aliphatic rings. The number of anilines is 2. The quantitative estimate of drug-likeness (QED) is 0.700. The van der Waals surface area contributed by atoms with E-state index >= 15 is 0 Å². The van der Waals surface area contributed by atoms with Crippen molar-refractivity contribution in [1.29, 1.82) is 0 Å². The van der Waals surface area contributed by atoms with Crippen LogP contribution in [0.15, 0.2) is 18.5 Å². The Hall–Kier alpha value is -2.98. The number of hydrogen-bond acceptors (Lipinski definition) is 7. The van der Waals surface area contributed by atoms with Crippen LogP contribution in [0.4, 0.5) is 24.8 Å². The van der Waals surface area contributed by atoms with Gasteiger partial charge in [0.2, 0.25) is 0 Å². The molecule has 0 spiro atoms. The van der Waals surface area contributed by atoms with Gasteiger partial charge in [-0.15, -0.1) is 15.3 Å². The summed E-state index contributed by atoms with van der Waals surface area (Å²) in [4.78, 5) is 11.3. The number of aryl methyl sites for hydroxylation is 1. The first-order valence-electron chi connectivity index (χ1n) is 10.1. The predicted octanol–water partition coefficient (Wildman–Crippen LogP) is 2.89. The van der Waals surface area contributed by atoms with E-state index in [1.54, 1.807) is 12.4 Å². The van der Waals surface area contributed by atoms with Gasteiger partial charge in [-0.05, 0) is 50.7 Å². The van der Waals surface area contributed by atoms with Crippen molar-refractivity contribution < 1.29 is 13.2 Å². The van der Waals surface area contributed by atoms with E-state index < -0.39 is 12.0 Å². The molecule has 11 heteroatoms. The summed E-state index contributed by atoms with van der Waals surface area (Å²) in [7, 11) is 0. The number of fused-ring (bicyclic) bond motifs is 2. The lowest BCUT2D eigenvalue weighted by atomic mass is 9.95. The van der Waals surface area contributed by atoms with Gasteiger partial charge < -0.3 is 10.2 Å². The number of piperidine rings is 1. The molecule has 3 aromatic rings. The summed E-state index contributed by atoms with van der Waals surface area (Å²) in [6, 6.07) is 3.24. The molecule has 1 saturated heterocycles. The summed E-state index contributed by atoms with van der Waals surface area (Å²) in [5, 5.41) is 14.1. The van der Waals surface area contributed by atoms with E-state index in [0.29, 0.717) is 5.82 Å². The van der Waals surface area contributed by atoms with Gasteiger partial charge in [0, 0.05) is 30.4 Å². The standard InChI is InChI=1S/C19H21F3N8/c20-19(21,22)18-27-26-16-6-5-15(28-30(16)18)25-12-7-9-29(10-8-12)17-13-3-1-2-4-14(13)23-11-24-17/h5-6,11-12H,1-4,7-10H2,(H,25,28). The SMILES string of the molecule is FC(F)(F)c1nnc2ccc(NC3CCN(c4ncnc5c4CCCC5)CC3)nn12. The number of aromatic nitrogens is 6. The van der Waals surface area contributed by atoms with E-state index in [1.807, 2.05) is 0 Å². The molecule has 0 unspecified atom stereocenters. The molecule has 3 aromatic heterocycles. The molecule has 0 saturated carbocycles. The van der Waals surface area contributed by atoms with E-state index in [0.717, 1.165) is 49.1 Å². The van der Waals surface area contributed by atoms with Crippen molar-refractivity contribution in [2.75, 3.05) is 23.3 Å². The second-order valence-electron chi connectivity index (χ2n) is 7.75. The van der Waals surface area contributed by atoms with Crippen molar-refractivity contribution in [1.82, 2.24) is 29.8 Å². The second-order valence-corrected chi connectivity index (χ2v) is 7.75. The molecule has 8 nitrogen and oxygen atoms in total. The lowest BCUT2D eigenvalue weighted by molar-refractivity contribution is -0.146. The Bertz CT molecular complexity index is 1060. The third kappa shape index (κ3) is 3.52. The molecule has 0 aromatic carbocycles. The van der Waals surface area contributed by atoms with Gasteiger partial charge in [-0.2, -0.15) is 17.7 Å². The molecule has 0 amide bonds. The van der Waals surface area contributed by atoms with Crippen molar-refractivity contribution in [2.24, 2.45) is 0 Å². The Kier molecular flexibility index (Phi) is 4.67. The monoisotopic (exact) mass is 418 g/mol. The molecular formula is C19H21F3N8. The van der Waals surface area contributed by atoms with Gasteiger partial charge in [0.05, 0.1) is 0 Å². The highest BCUT2D eigenvalue weighted by molar-refractivity contribution is 5.50. The summed E-state index contributed by atoms with van der Waals surface area (Å²) in [5.74, 6) is 0.298. The first-order valence-corrected chi connectivity index (χ1v) is 10.1. The fraction of sp³-hybridized carbons (Fsp3) is 0.526. The zero-order valence-corrected chi connectivity index (χ0v) is 16.2. The topological polar surface area (TPSA) is 84.1 Å². The van der Waals surface area contributed by atoms with Crippen molar-refractivity contribution in [3.8, 4) is 0 Å². The molecule has 158 valence electrons. The van der Waals surface area contributed by atoms with Crippen molar-refractivity contribution in [2.45, 2.75) is 50.7 Å². The van der Waals surface area contributed by atoms with Gasteiger partial charge in [0.15, 0.2) is 5.65 Å². The van der Waals surface area contributed by atoms with Crippen LogP contribution in [0.2, 0.25) is 0 Å². The van der Waals surface area contributed by atoms with E-state index in [1.165, 1.54) is 30.2 Å². The van der Waals surface area contributed by atoms with Gasteiger partial charge >= 0.3 is 6.18 Å². The third-order valence-electron chi connectivity index (χ3n) is 5.77. The lowest BCUT2D eigenvalue weighted by Gasteiger charge is -2.35. The Morgan fingerprint density at radius 3 is 2.60 bits per heavy atom. The highest BCUT2D eigenvalue weighted by atomic mass is 19.4. The fourth-order valence-electron chi connectivity index (χ4n) is 4.26. The van der Waals surface area contributed by atoms with Crippen LogP contribution in [0.3, 0.4) is 0 Å². The van der Waals surface area contributed by atoms with Gasteiger partial charge in [-0.3, -0.25) is 0 Å². The van der Waals surface area contributed by atoms with Gasteiger partial charge in [0.25, 0.3) is 5.82 Å². The highest BCUT2D eigenvalue weighted by Gasteiger charge is 2.37. The summed E-state index contributed by atoms with van der Waals surface area (Å²) in [5.41, 5.74) is 2.50. The van der Waals surface area contributed by atoms with Crippen LogP contribution in [-0.2, 0) is 19.0 Å². The summed E-state index contributed by atoms with van der Waals surface area (Å²) < 4.78 is 39.9. The molecule has 0 bridgehead atoms. The molecule has 1 N–H and O–H groups in total. The van der Waals surface area contributed by atoms with Crippen molar-refractivity contribution >= 4 is 17.3 Å². The highest BCUT2D eigenvalue weighted by Crippen LogP contribution is 2.30. The Morgan fingerprint density at radius 1 is 1.00 bits per heavy atom. The largest absolute Gasteiger partial charge is 0.453 e. The normalized spacial score (nSPS) is 17.9. The van der Waals surface area contributed by atoms with E-state index in [-0.39, 0.29) is 11.7 Å². The summed E-state index contributed by atoms with van der Waals surface area (Å²) >= 11 is 0. The van der Waals surface area contributed by atoms with E-state index in [2.05, 4.69) is 35.5 Å². The first-order chi connectivity index (χ1) is 14.5. The molecule has 1 aliphatic heterocycles. The molecule has 1 fully saturated rings. The van der Waals surface area contributed by atoms with Crippen LogP contribution >= 0.6 is 0 Å². The van der Waals surface area contributed by atoms with Crippen LogP contribution in [0, 0.1) is 0 Å². The summed E-state index contributed by atoms with van der Waals surface area (Å²) in [6.07, 6.45) is 3.11. The lowest BCUT2D eigenvalue weighted by Crippen LogP contribution is -2.40. The van der Waals surface area contributed by atoms with Gasteiger partial charge in [-0.25, -0.2) is 9.97 Å². The minimum absolute atomic E-state index is 0.0660. The average Bonchev–Trinajstić information content (AvgIpc) is 3.18. The van der Waals surface area contributed by atoms with Gasteiger partial charge in [-0.1, -0.05) is 0 Å². The first kappa shape index (κ1) is 19.0. The number of nitrogens with one attached hydrogen (secondary N) is 1. The number of hydrogen-bond donors (Lipinski definition) is 1. The molecule has 4 heterocycles. The van der Waals surface area contributed by atoms with Gasteiger partial charge in [0.1, 0.15) is 18.0 Å². The zero-order chi connectivity index (χ0) is 20.7. The zero-order valence-electron chi connectivity index (χ0n) is 16.2. The van der Waals surface area contributed by atoms with Crippen molar-refractivity contribution in [3.05, 3.63) is 35.5 Å². The Labute approximate surface area is 170 Å². The maximum absolute atomic E-state index is 13.1. The maximum atomic E-state index is 13.1. The van der Waals surface area contributed by atoms with E-state index in [9.17, 15) is 13.2 Å². The third-order valence-corrected chi connectivity index (χ3v) is 5.77. The van der Waals surface area contributed by atoms with Crippen LogP contribution in [0.25, 0.3) is 5.65 Å². The summed E-state index contributed by atoms with van der Waals surface area (Å²) in [6.45, 7) is 1.65. The fourth-order valence-corrected chi connectivity index (χ4v) is 4.26. The maximum Gasteiger partial charge on any atom is 0.453 e. The van der Waals surface area contributed by atoms with Crippen LogP contribution in [0.5, 0.6) is 0 Å². The average molecular weight is 418 g/mol. The molecule has 0 radical (unpaired) electrons. The molecule has 5 rings (SSSR count). The minimum Gasteiger partial charge on any atom is -0.366 e.